The van der Waals surface area contributed by atoms with Gasteiger partial charge in [-0.05, 0) is 30.7 Å². The van der Waals surface area contributed by atoms with E-state index >= 15 is 0 Å². The van der Waals surface area contributed by atoms with Crippen molar-refractivity contribution >= 4 is 29.3 Å². The molecule has 24 heavy (non-hydrogen) atoms. The van der Waals surface area contributed by atoms with Gasteiger partial charge in [0.05, 0.1) is 11.3 Å². The molecule has 1 unspecified atom stereocenters. The van der Waals surface area contributed by atoms with E-state index in [0.29, 0.717) is 17.4 Å². The molecule has 1 atom stereocenters. The SMILES string of the molecule is CC1CCN(C(=O)COC(=O)c2ccccc2)c2ccccc2S1. The molecule has 1 heterocycles. The summed E-state index contributed by atoms with van der Waals surface area (Å²) in [5.74, 6) is -0.670. The molecule has 0 aromatic heterocycles. The molecule has 0 saturated heterocycles. The van der Waals surface area contributed by atoms with Gasteiger partial charge in [-0.3, -0.25) is 4.79 Å². The lowest BCUT2D eigenvalue weighted by atomic mass is 10.2. The Labute approximate surface area is 145 Å². The quantitative estimate of drug-likeness (QED) is 0.798. The van der Waals surface area contributed by atoms with Gasteiger partial charge in [0.1, 0.15) is 0 Å². The monoisotopic (exact) mass is 341 g/mol. The highest BCUT2D eigenvalue weighted by atomic mass is 32.2. The highest BCUT2D eigenvalue weighted by Gasteiger charge is 2.24. The second kappa shape index (κ2) is 7.53. The van der Waals surface area contributed by atoms with Crippen LogP contribution in [0.15, 0.2) is 59.5 Å². The van der Waals surface area contributed by atoms with E-state index in [0.717, 1.165) is 17.0 Å². The molecule has 2 aromatic carbocycles. The zero-order valence-electron chi connectivity index (χ0n) is 13.5. The Kier molecular flexibility index (Phi) is 5.20. The van der Waals surface area contributed by atoms with Crippen molar-refractivity contribution in [3.05, 3.63) is 60.2 Å². The van der Waals surface area contributed by atoms with Gasteiger partial charge in [-0.15, -0.1) is 11.8 Å². The van der Waals surface area contributed by atoms with Crippen LogP contribution in [0.1, 0.15) is 23.7 Å². The number of hydrogen-bond acceptors (Lipinski definition) is 4. The molecule has 0 fully saturated rings. The number of ether oxygens (including phenoxy) is 1. The lowest BCUT2D eigenvalue weighted by molar-refractivity contribution is -0.121. The molecule has 0 aliphatic carbocycles. The van der Waals surface area contributed by atoms with Gasteiger partial charge in [0.15, 0.2) is 6.61 Å². The van der Waals surface area contributed by atoms with E-state index < -0.39 is 5.97 Å². The van der Waals surface area contributed by atoms with Crippen LogP contribution in [0.3, 0.4) is 0 Å². The van der Waals surface area contributed by atoms with Crippen molar-refractivity contribution in [2.45, 2.75) is 23.5 Å². The molecule has 0 spiro atoms. The molecule has 3 rings (SSSR count). The third-order valence-corrected chi connectivity index (χ3v) is 5.12. The van der Waals surface area contributed by atoms with Crippen LogP contribution in [0.25, 0.3) is 0 Å². The Morgan fingerprint density at radius 2 is 1.83 bits per heavy atom. The van der Waals surface area contributed by atoms with Crippen LogP contribution in [-0.4, -0.2) is 30.3 Å². The lowest BCUT2D eigenvalue weighted by Crippen LogP contribution is -2.35. The molecule has 1 amide bonds. The number of carbonyl (C=O) groups is 2. The van der Waals surface area contributed by atoms with Gasteiger partial charge >= 0.3 is 5.97 Å². The third-order valence-electron chi connectivity index (χ3n) is 3.88. The number of amides is 1. The average molecular weight is 341 g/mol. The summed E-state index contributed by atoms with van der Waals surface area (Å²) in [6, 6.07) is 16.6. The number of nitrogens with zero attached hydrogens (tertiary/aromatic N) is 1. The zero-order valence-corrected chi connectivity index (χ0v) is 14.3. The maximum absolute atomic E-state index is 12.6. The number of esters is 1. The van der Waals surface area contributed by atoms with Crippen molar-refractivity contribution in [3.8, 4) is 0 Å². The van der Waals surface area contributed by atoms with E-state index in [-0.39, 0.29) is 12.5 Å². The van der Waals surface area contributed by atoms with E-state index in [1.807, 2.05) is 30.3 Å². The van der Waals surface area contributed by atoms with Gasteiger partial charge in [0.2, 0.25) is 0 Å². The van der Waals surface area contributed by atoms with Crippen molar-refractivity contribution < 1.29 is 14.3 Å². The fourth-order valence-corrected chi connectivity index (χ4v) is 3.72. The number of anilines is 1. The molecule has 124 valence electrons. The summed E-state index contributed by atoms with van der Waals surface area (Å²) in [4.78, 5) is 27.4. The zero-order chi connectivity index (χ0) is 16.9. The normalized spacial score (nSPS) is 16.9. The van der Waals surface area contributed by atoms with Gasteiger partial charge in [-0.1, -0.05) is 37.3 Å². The Morgan fingerprint density at radius 3 is 2.62 bits per heavy atom. The predicted octanol–water partition coefficient (Wildman–Crippen LogP) is 3.76. The minimum atomic E-state index is -0.477. The Morgan fingerprint density at radius 1 is 1.12 bits per heavy atom. The Hall–Kier alpha value is -2.27. The summed E-state index contributed by atoms with van der Waals surface area (Å²) in [6.07, 6.45) is 0.901. The number of benzene rings is 2. The standard InChI is InChI=1S/C19H19NO3S/c1-14-11-12-20(16-9-5-6-10-17(16)24-14)18(21)13-23-19(22)15-7-3-2-4-8-15/h2-10,14H,11-13H2,1H3. The number of hydrogen-bond donors (Lipinski definition) is 0. The Bertz CT molecular complexity index is 732. The van der Waals surface area contributed by atoms with Crippen LogP contribution in [0.5, 0.6) is 0 Å². The number of rotatable bonds is 3. The van der Waals surface area contributed by atoms with Gasteiger partial charge in [-0.2, -0.15) is 0 Å². The average Bonchev–Trinajstić information content (AvgIpc) is 2.78. The van der Waals surface area contributed by atoms with E-state index in [2.05, 4.69) is 6.92 Å². The second-order valence-electron chi connectivity index (χ2n) is 5.67. The lowest BCUT2D eigenvalue weighted by Gasteiger charge is -2.22. The minimum Gasteiger partial charge on any atom is -0.452 e. The summed E-state index contributed by atoms with van der Waals surface area (Å²) in [5.41, 5.74) is 1.35. The molecule has 1 aliphatic heterocycles. The molecule has 1 aliphatic rings. The summed E-state index contributed by atoms with van der Waals surface area (Å²) >= 11 is 1.77. The van der Waals surface area contributed by atoms with Gasteiger partial charge in [0.25, 0.3) is 5.91 Å². The van der Waals surface area contributed by atoms with Gasteiger partial charge in [0, 0.05) is 16.7 Å². The number of fused-ring (bicyclic) bond motifs is 1. The minimum absolute atomic E-state index is 0.193. The molecular weight excluding hydrogens is 322 g/mol. The molecule has 2 aromatic rings. The smallest absolute Gasteiger partial charge is 0.338 e. The summed E-state index contributed by atoms with van der Waals surface area (Å²) in [6.45, 7) is 2.54. The van der Waals surface area contributed by atoms with E-state index in [4.69, 9.17) is 4.74 Å². The number of thioether (sulfide) groups is 1. The summed E-state index contributed by atoms with van der Waals surface area (Å²) < 4.78 is 5.19. The Balaban J connectivity index is 1.70. The maximum Gasteiger partial charge on any atom is 0.338 e. The van der Waals surface area contributed by atoms with Gasteiger partial charge < -0.3 is 9.64 Å². The molecule has 0 radical (unpaired) electrons. The largest absolute Gasteiger partial charge is 0.452 e. The van der Waals surface area contributed by atoms with Crippen LogP contribution in [0.4, 0.5) is 5.69 Å². The summed E-state index contributed by atoms with van der Waals surface area (Å²) in [5, 5.41) is 0.441. The van der Waals surface area contributed by atoms with E-state index in [1.54, 1.807) is 40.9 Å². The molecular formula is C19H19NO3S. The van der Waals surface area contributed by atoms with Crippen LogP contribution >= 0.6 is 11.8 Å². The molecule has 0 saturated carbocycles. The fourth-order valence-electron chi connectivity index (χ4n) is 2.61. The highest BCUT2D eigenvalue weighted by Crippen LogP contribution is 2.37. The molecule has 5 heteroatoms. The first-order valence-electron chi connectivity index (χ1n) is 7.93. The van der Waals surface area contributed by atoms with Crippen LogP contribution in [0.2, 0.25) is 0 Å². The first-order valence-corrected chi connectivity index (χ1v) is 8.81. The highest BCUT2D eigenvalue weighted by molar-refractivity contribution is 8.00. The first kappa shape index (κ1) is 16.6. The van der Waals surface area contributed by atoms with E-state index in [9.17, 15) is 9.59 Å². The molecule has 0 N–H and O–H groups in total. The van der Waals surface area contributed by atoms with Crippen LogP contribution < -0.4 is 4.90 Å². The van der Waals surface area contributed by atoms with Crippen LogP contribution in [0, 0.1) is 0 Å². The predicted molar refractivity (Wildman–Crippen MR) is 95.5 cm³/mol. The summed E-state index contributed by atoms with van der Waals surface area (Å²) in [7, 11) is 0. The first-order chi connectivity index (χ1) is 11.6. The molecule has 4 nitrogen and oxygen atoms in total. The maximum atomic E-state index is 12.6. The topological polar surface area (TPSA) is 46.6 Å². The fraction of sp³-hybridized carbons (Fsp3) is 0.263. The second-order valence-corrected chi connectivity index (χ2v) is 7.15. The van der Waals surface area contributed by atoms with Crippen molar-refractivity contribution in [1.29, 1.82) is 0 Å². The number of carbonyl (C=O) groups excluding carboxylic acids is 2. The van der Waals surface area contributed by atoms with Crippen molar-refractivity contribution in [1.82, 2.24) is 0 Å². The number of para-hydroxylation sites is 1. The van der Waals surface area contributed by atoms with Crippen molar-refractivity contribution in [3.63, 3.8) is 0 Å². The van der Waals surface area contributed by atoms with Crippen LogP contribution in [-0.2, 0) is 9.53 Å². The van der Waals surface area contributed by atoms with Gasteiger partial charge in [-0.25, -0.2) is 4.79 Å². The third kappa shape index (κ3) is 3.79. The van der Waals surface area contributed by atoms with E-state index in [1.165, 1.54) is 0 Å². The van der Waals surface area contributed by atoms with Crippen molar-refractivity contribution in [2.24, 2.45) is 0 Å². The van der Waals surface area contributed by atoms with Crippen molar-refractivity contribution in [2.75, 3.05) is 18.1 Å². The molecule has 0 bridgehead atoms.